The van der Waals surface area contributed by atoms with Crippen molar-refractivity contribution in [1.82, 2.24) is 9.97 Å². The van der Waals surface area contributed by atoms with Gasteiger partial charge in [0.05, 0.1) is 10.9 Å². The molecule has 1 amide bonds. The van der Waals surface area contributed by atoms with E-state index in [9.17, 15) is 4.79 Å². The summed E-state index contributed by atoms with van der Waals surface area (Å²) in [5.74, 6) is 0.985. The minimum absolute atomic E-state index is 0.144. The lowest BCUT2D eigenvalue weighted by atomic mass is 10.1. The molecule has 1 aromatic heterocycles. The molecule has 0 saturated carbocycles. The maximum absolute atomic E-state index is 12.3. The Morgan fingerprint density at radius 3 is 2.56 bits per heavy atom. The number of hydrogen-bond donors (Lipinski definition) is 1. The molecule has 4 aromatic rings. The lowest BCUT2D eigenvalue weighted by Gasteiger charge is -2.09. The number of nitrogens with one attached hydrogen (secondary N) is 1. The van der Waals surface area contributed by atoms with Gasteiger partial charge in [0.15, 0.2) is 0 Å². The molecule has 27 heavy (non-hydrogen) atoms. The number of aromatic nitrogens is 2. The Morgan fingerprint density at radius 2 is 1.74 bits per heavy atom. The van der Waals surface area contributed by atoms with Crippen LogP contribution in [0.2, 0.25) is 0 Å². The Labute approximate surface area is 156 Å². The zero-order valence-corrected chi connectivity index (χ0v) is 14.7. The van der Waals surface area contributed by atoms with Gasteiger partial charge in [-0.05, 0) is 55.5 Å². The second-order valence-electron chi connectivity index (χ2n) is 6.15. The van der Waals surface area contributed by atoms with Crippen molar-refractivity contribution in [1.29, 1.82) is 0 Å². The first-order chi connectivity index (χ1) is 13.2. The number of ether oxygens (including phenoxy) is 1. The number of rotatable bonds is 4. The van der Waals surface area contributed by atoms with Crippen molar-refractivity contribution in [2.24, 2.45) is 0 Å². The van der Waals surface area contributed by atoms with Crippen LogP contribution in [0.15, 0.2) is 79.1 Å². The van der Waals surface area contributed by atoms with Crippen molar-refractivity contribution in [3.8, 4) is 11.6 Å². The Bertz CT molecular complexity index is 1100. The minimum atomic E-state index is -0.144. The lowest BCUT2D eigenvalue weighted by Crippen LogP contribution is -2.11. The molecule has 0 bridgehead atoms. The normalized spacial score (nSPS) is 10.6. The number of anilines is 1. The second kappa shape index (κ2) is 7.25. The van der Waals surface area contributed by atoms with E-state index in [-0.39, 0.29) is 5.91 Å². The Balaban J connectivity index is 1.50. The van der Waals surface area contributed by atoms with E-state index in [0.717, 1.165) is 16.5 Å². The van der Waals surface area contributed by atoms with E-state index in [1.165, 1.54) is 6.33 Å². The van der Waals surface area contributed by atoms with Gasteiger partial charge in [0.1, 0.15) is 12.1 Å². The summed E-state index contributed by atoms with van der Waals surface area (Å²) < 4.78 is 5.89. The summed E-state index contributed by atoms with van der Waals surface area (Å²) >= 11 is 0. The van der Waals surface area contributed by atoms with Gasteiger partial charge >= 0.3 is 0 Å². The Morgan fingerprint density at radius 1 is 0.926 bits per heavy atom. The molecule has 0 aliphatic heterocycles. The van der Waals surface area contributed by atoms with Gasteiger partial charge in [0, 0.05) is 11.3 Å². The first-order valence-corrected chi connectivity index (χ1v) is 8.55. The van der Waals surface area contributed by atoms with Gasteiger partial charge < -0.3 is 10.1 Å². The number of aryl methyl sites for hydroxylation is 1. The molecule has 1 heterocycles. The van der Waals surface area contributed by atoms with Gasteiger partial charge in [0.2, 0.25) is 5.88 Å². The molecule has 3 aromatic carbocycles. The molecule has 0 aliphatic carbocycles. The van der Waals surface area contributed by atoms with Crippen molar-refractivity contribution in [2.45, 2.75) is 6.92 Å². The van der Waals surface area contributed by atoms with Gasteiger partial charge in [-0.1, -0.05) is 29.8 Å². The standard InChI is InChI=1S/C22H17N3O2/c1-15-5-4-6-16(13-15)21(26)25-17-9-11-18(12-10-17)27-22-19-7-2-3-8-20(19)23-14-24-22/h2-14H,1H3,(H,25,26). The van der Waals surface area contributed by atoms with Crippen molar-refractivity contribution in [3.63, 3.8) is 0 Å². The molecule has 0 aliphatic rings. The highest BCUT2D eigenvalue weighted by Gasteiger charge is 2.08. The Hall–Kier alpha value is -3.73. The molecule has 0 saturated heterocycles. The molecular formula is C22H17N3O2. The average Bonchev–Trinajstić information content (AvgIpc) is 2.70. The predicted molar refractivity (Wildman–Crippen MR) is 105 cm³/mol. The van der Waals surface area contributed by atoms with Crippen molar-refractivity contribution < 1.29 is 9.53 Å². The molecule has 0 fully saturated rings. The van der Waals surface area contributed by atoms with Gasteiger partial charge in [-0.25, -0.2) is 9.97 Å². The van der Waals surface area contributed by atoms with Gasteiger partial charge in [0.25, 0.3) is 5.91 Å². The summed E-state index contributed by atoms with van der Waals surface area (Å²) in [4.78, 5) is 20.8. The molecular weight excluding hydrogens is 338 g/mol. The highest BCUT2D eigenvalue weighted by Crippen LogP contribution is 2.27. The Kier molecular flexibility index (Phi) is 4.49. The van der Waals surface area contributed by atoms with E-state index in [1.54, 1.807) is 30.3 Å². The van der Waals surface area contributed by atoms with Crippen molar-refractivity contribution in [2.75, 3.05) is 5.32 Å². The summed E-state index contributed by atoms with van der Waals surface area (Å²) in [7, 11) is 0. The molecule has 5 nitrogen and oxygen atoms in total. The summed E-state index contributed by atoms with van der Waals surface area (Å²) in [5.41, 5.74) is 3.19. The first-order valence-electron chi connectivity index (χ1n) is 8.55. The fourth-order valence-corrected chi connectivity index (χ4v) is 2.77. The van der Waals surface area contributed by atoms with Crippen LogP contribution in [-0.4, -0.2) is 15.9 Å². The minimum Gasteiger partial charge on any atom is -0.438 e. The first kappa shape index (κ1) is 16.7. The highest BCUT2D eigenvalue weighted by atomic mass is 16.5. The topological polar surface area (TPSA) is 64.1 Å². The second-order valence-corrected chi connectivity index (χ2v) is 6.15. The quantitative estimate of drug-likeness (QED) is 0.560. The summed E-state index contributed by atoms with van der Waals surface area (Å²) in [6.45, 7) is 1.96. The summed E-state index contributed by atoms with van der Waals surface area (Å²) in [5, 5.41) is 3.73. The van der Waals surface area contributed by atoms with Crippen LogP contribution in [-0.2, 0) is 0 Å². The van der Waals surface area contributed by atoms with Crippen LogP contribution in [0.25, 0.3) is 10.9 Å². The molecule has 0 spiro atoms. The van der Waals surface area contributed by atoms with Gasteiger partial charge in [-0.15, -0.1) is 0 Å². The fraction of sp³-hybridized carbons (Fsp3) is 0.0455. The lowest BCUT2D eigenvalue weighted by molar-refractivity contribution is 0.102. The fourth-order valence-electron chi connectivity index (χ4n) is 2.77. The molecule has 4 rings (SSSR count). The van der Waals surface area contributed by atoms with Crippen LogP contribution < -0.4 is 10.1 Å². The average molecular weight is 355 g/mol. The molecule has 1 N–H and O–H groups in total. The third kappa shape index (κ3) is 3.77. The number of para-hydroxylation sites is 1. The van der Waals surface area contributed by atoms with E-state index in [1.807, 2.05) is 49.4 Å². The van der Waals surface area contributed by atoms with E-state index in [2.05, 4.69) is 15.3 Å². The molecule has 0 atom stereocenters. The largest absolute Gasteiger partial charge is 0.438 e. The number of fused-ring (bicyclic) bond motifs is 1. The van der Waals surface area contributed by atoms with E-state index < -0.39 is 0 Å². The number of hydrogen-bond acceptors (Lipinski definition) is 4. The number of carbonyl (C=O) groups excluding carboxylic acids is 1. The van der Waals surface area contributed by atoms with E-state index >= 15 is 0 Å². The van der Waals surface area contributed by atoms with Gasteiger partial charge in [-0.2, -0.15) is 0 Å². The van der Waals surface area contributed by atoms with E-state index in [0.29, 0.717) is 22.9 Å². The van der Waals surface area contributed by atoms with Crippen LogP contribution >= 0.6 is 0 Å². The highest BCUT2D eigenvalue weighted by molar-refractivity contribution is 6.04. The van der Waals surface area contributed by atoms with E-state index in [4.69, 9.17) is 4.74 Å². The molecule has 132 valence electrons. The maximum Gasteiger partial charge on any atom is 0.255 e. The van der Waals surface area contributed by atoms with Crippen LogP contribution in [0, 0.1) is 6.92 Å². The summed E-state index contributed by atoms with van der Waals surface area (Å²) in [6, 6.07) is 22.3. The third-order valence-corrected chi connectivity index (χ3v) is 4.11. The zero-order valence-electron chi connectivity index (χ0n) is 14.7. The van der Waals surface area contributed by atoms with Crippen LogP contribution in [0.5, 0.6) is 11.6 Å². The van der Waals surface area contributed by atoms with Crippen molar-refractivity contribution >= 4 is 22.5 Å². The number of nitrogens with zero attached hydrogens (tertiary/aromatic N) is 2. The zero-order chi connectivity index (χ0) is 18.6. The van der Waals surface area contributed by atoms with Crippen LogP contribution in [0.1, 0.15) is 15.9 Å². The number of carbonyl (C=O) groups is 1. The van der Waals surface area contributed by atoms with Crippen LogP contribution in [0.4, 0.5) is 5.69 Å². The van der Waals surface area contributed by atoms with Crippen molar-refractivity contribution in [3.05, 3.63) is 90.3 Å². The number of amides is 1. The van der Waals surface area contributed by atoms with Gasteiger partial charge in [-0.3, -0.25) is 4.79 Å². The van der Waals surface area contributed by atoms with Crippen LogP contribution in [0.3, 0.4) is 0 Å². The monoisotopic (exact) mass is 355 g/mol. The smallest absolute Gasteiger partial charge is 0.255 e. The predicted octanol–water partition coefficient (Wildman–Crippen LogP) is 4.98. The third-order valence-electron chi connectivity index (χ3n) is 4.11. The number of benzene rings is 3. The molecule has 0 radical (unpaired) electrons. The molecule has 0 unspecified atom stereocenters. The maximum atomic E-state index is 12.3. The SMILES string of the molecule is Cc1cccc(C(=O)Nc2ccc(Oc3ncnc4ccccc34)cc2)c1. The molecule has 5 heteroatoms. The summed E-state index contributed by atoms with van der Waals surface area (Å²) in [6.07, 6.45) is 1.48.